The number of aryl methyl sites for hydroxylation is 2. The number of ether oxygens (including phenoxy) is 3. The van der Waals surface area contributed by atoms with Crippen LogP contribution in [0.4, 0.5) is 5.69 Å². The number of hydrogen-bond acceptors (Lipinski definition) is 6. The Kier molecular flexibility index (Phi) is 9.57. The molecular formula is C33H48N2O6SSi. The molecule has 1 aliphatic heterocycles. The van der Waals surface area contributed by atoms with Crippen molar-refractivity contribution in [2.24, 2.45) is 5.92 Å². The highest BCUT2D eigenvalue weighted by molar-refractivity contribution is 7.92. The first-order valence-corrected chi connectivity index (χ1v) is 20.3. The zero-order chi connectivity index (χ0) is 31.9. The van der Waals surface area contributed by atoms with Crippen molar-refractivity contribution in [2.45, 2.75) is 78.9 Å². The van der Waals surface area contributed by atoms with E-state index in [0.29, 0.717) is 42.6 Å². The summed E-state index contributed by atoms with van der Waals surface area (Å²) in [5, 5.41) is 0.832. The van der Waals surface area contributed by atoms with Crippen molar-refractivity contribution in [3.05, 3.63) is 52.7 Å². The van der Waals surface area contributed by atoms with E-state index in [-0.39, 0.29) is 11.7 Å². The van der Waals surface area contributed by atoms with Crippen LogP contribution in [0.2, 0.25) is 25.7 Å². The molecule has 0 amide bonds. The number of carbonyl (C=O) groups is 1. The zero-order valence-corrected chi connectivity index (χ0v) is 29.2. The number of rotatable bonds is 11. The van der Waals surface area contributed by atoms with Crippen LogP contribution in [-0.2, 0) is 29.0 Å². The maximum absolute atomic E-state index is 14.3. The van der Waals surface area contributed by atoms with E-state index in [1.54, 1.807) is 4.31 Å². The zero-order valence-electron chi connectivity index (χ0n) is 27.4. The molecule has 10 heteroatoms. The summed E-state index contributed by atoms with van der Waals surface area (Å²) in [6, 6.07) is 10.8. The van der Waals surface area contributed by atoms with Crippen molar-refractivity contribution in [2.75, 3.05) is 36.9 Å². The van der Waals surface area contributed by atoms with Crippen molar-refractivity contribution in [3.63, 3.8) is 0 Å². The predicted molar refractivity (Wildman–Crippen MR) is 177 cm³/mol. The topological polar surface area (TPSA) is 97.9 Å². The Hall–Kier alpha value is -2.66. The first-order chi connectivity index (χ1) is 19.9. The third kappa shape index (κ3) is 7.53. The molecule has 1 saturated heterocycles. The van der Waals surface area contributed by atoms with Crippen LogP contribution >= 0.6 is 0 Å². The summed E-state index contributed by atoms with van der Waals surface area (Å²) in [6.07, 6.45) is -1.08. The Morgan fingerprint density at radius 1 is 1.12 bits per heavy atom. The van der Waals surface area contributed by atoms with Crippen molar-refractivity contribution >= 4 is 40.7 Å². The number of sulfonamides is 1. The van der Waals surface area contributed by atoms with Gasteiger partial charge in [-0.3, -0.25) is 4.31 Å². The van der Waals surface area contributed by atoms with Crippen molar-refractivity contribution in [1.29, 1.82) is 0 Å². The molecular weight excluding hydrogens is 581 g/mol. The molecule has 0 bridgehead atoms. The SMILES string of the molecule is COC(=O)[C@@H](OC(C)(C)C)c1c(C)c(N(CC2COC2)S(=O)(=O)CC[Si](C)(C)C)c2[nH]c(C)cc2c1-c1ccc(C)cc1. The lowest BCUT2D eigenvalue weighted by atomic mass is 9.87. The van der Waals surface area contributed by atoms with Gasteiger partial charge in [0.15, 0.2) is 6.10 Å². The number of fused-ring (bicyclic) bond motifs is 1. The number of carbonyl (C=O) groups excluding carboxylic acids is 1. The molecule has 3 aromatic rings. The number of nitrogens with one attached hydrogen (secondary N) is 1. The molecule has 1 aliphatic rings. The highest BCUT2D eigenvalue weighted by Crippen LogP contribution is 2.47. The van der Waals surface area contributed by atoms with Crippen LogP contribution in [0.1, 0.15) is 49.3 Å². The molecule has 43 heavy (non-hydrogen) atoms. The molecule has 0 unspecified atom stereocenters. The van der Waals surface area contributed by atoms with Crippen LogP contribution in [0.25, 0.3) is 22.0 Å². The van der Waals surface area contributed by atoms with Gasteiger partial charge < -0.3 is 19.2 Å². The van der Waals surface area contributed by atoms with E-state index in [9.17, 15) is 13.2 Å². The first-order valence-electron chi connectivity index (χ1n) is 15.0. The number of esters is 1. The van der Waals surface area contributed by atoms with E-state index >= 15 is 0 Å². The molecule has 4 rings (SSSR count). The quantitative estimate of drug-likeness (QED) is 0.183. The predicted octanol–water partition coefficient (Wildman–Crippen LogP) is 6.91. The number of benzene rings is 2. The molecule has 0 radical (unpaired) electrons. The fourth-order valence-electron chi connectivity index (χ4n) is 5.49. The fourth-order valence-corrected chi connectivity index (χ4v) is 10.1. The van der Waals surface area contributed by atoms with E-state index in [2.05, 4.69) is 24.6 Å². The Balaban J connectivity index is 2.11. The summed E-state index contributed by atoms with van der Waals surface area (Å²) in [5.74, 6) is -0.399. The second kappa shape index (κ2) is 12.4. The van der Waals surface area contributed by atoms with Crippen molar-refractivity contribution < 1.29 is 27.4 Å². The number of nitrogens with zero attached hydrogens (tertiary/aromatic N) is 1. The first kappa shape index (κ1) is 33.2. The summed E-state index contributed by atoms with van der Waals surface area (Å²) in [5.41, 5.74) is 5.61. The third-order valence-electron chi connectivity index (χ3n) is 7.80. The highest BCUT2D eigenvalue weighted by atomic mass is 32.2. The molecule has 1 N–H and O–H groups in total. The summed E-state index contributed by atoms with van der Waals surface area (Å²) in [4.78, 5) is 17.0. The molecule has 236 valence electrons. The van der Waals surface area contributed by atoms with Gasteiger partial charge in [-0.05, 0) is 70.3 Å². The number of aromatic amines is 1. The Bertz CT molecular complexity index is 1580. The summed E-state index contributed by atoms with van der Waals surface area (Å²) >= 11 is 0. The van der Waals surface area contributed by atoms with Gasteiger partial charge in [-0.2, -0.15) is 0 Å². The minimum absolute atomic E-state index is 0.0604. The van der Waals surface area contributed by atoms with E-state index in [4.69, 9.17) is 14.2 Å². The standard InChI is InChI=1S/C33H48N2O6SSi/c1-21-11-13-25(14-12-21)28-26-17-22(2)34-29(26)30(23(3)27(28)31(32(36)39-7)41-33(4,5)6)35(18-24-19-40-20-24)42(37,38)15-16-43(8,9)10/h11-14,17,24,31,34H,15-16,18-20H2,1-10H3/t31-/m0/s1. The molecule has 0 spiro atoms. The van der Waals surface area contributed by atoms with Gasteiger partial charge in [0, 0.05) is 37.2 Å². The molecule has 8 nitrogen and oxygen atoms in total. The number of methoxy groups -OCH3 is 1. The lowest BCUT2D eigenvalue weighted by molar-refractivity contribution is -0.164. The number of H-pyrrole nitrogens is 1. The molecule has 1 atom stereocenters. The van der Waals surface area contributed by atoms with Crippen LogP contribution in [-0.4, -0.2) is 65.7 Å². The lowest BCUT2D eigenvalue weighted by Crippen LogP contribution is -2.44. The molecule has 2 heterocycles. The van der Waals surface area contributed by atoms with Gasteiger partial charge in [-0.25, -0.2) is 13.2 Å². The van der Waals surface area contributed by atoms with Gasteiger partial charge in [0.05, 0.1) is 42.9 Å². The van der Waals surface area contributed by atoms with Gasteiger partial charge in [0.1, 0.15) is 0 Å². The molecule has 1 aromatic heterocycles. The minimum atomic E-state index is -3.74. The largest absolute Gasteiger partial charge is 0.467 e. The van der Waals surface area contributed by atoms with Crippen LogP contribution in [0.5, 0.6) is 0 Å². The van der Waals surface area contributed by atoms with Crippen LogP contribution in [0.15, 0.2) is 30.3 Å². The van der Waals surface area contributed by atoms with Gasteiger partial charge in [-0.15, -0.1) is 0 Å². The van der Waals surface area contributed by atoms with Crippen molar-refractivity contribution in [3.8, 4) is 11.1 Å². The van der Waals surface area contributed by atoms with Crippen LogP contribution < -0.4 is 4.31 Å². The maximum Gasteiger partial charge on any atom is 0.339 e. The minimum Gasteiger partial charge on any atom is -0.467 e. The van der Waals surface area contributed by atoms with Crippen molar-refractivity contribution in [1.82, 2.24) is 4.98 Å². The average molecular weight is 629 g/mol. The molecule has 1 fully saturated rings. The monoisotopic (exact) mass is 628 g/mol. The normalized spacial score (nSPS) is 15.4. The van der Waals surface area contributed by atoms with E-state index in [0.717, 1.165) is 33.3 Å². The van der Waals surface area contributed by atoms with Gasteiger partial charge in [-0.1, -0.05) is 49.5 Å². The summed E-state index contributed by atoms with van der Waals surface area (Å²) in [6.45, 7) is 19.5. The Labute approximate surface area is 258 Å². The summed E-state index contributed by atoms with van der Waals surface area (Å²) < 4.78 is 47.5. The van der Waals surface area contributed by atoms with Gasteiger partial charge in [0.25, 0.3) is 0 Å². The maximum atomic E-state index is 14.3. The fraction of sp³-hybridized carbons (Fsp3) is 0.545. The van der Waals surface area contributed by atoms with E-state index < -0.39 is 35.8 Å². The Morgan fingerprint density at radius 3 is 2.26 bits per heavy atom. The summed E-state index contributed by atoms with van der Waals surface area (Å²) in [7, 11) is -4.05. The molecule has 0 aliphatic carbocycles. The average Bonchev–Trinajstić information content (AvgIpc) is 3.25. The van der Waals surface area contributed by atoms with E-state index in [1.165, 1.54) is 7.11 Å². The third-order valence-corrected chi connectivity index (χ3v) is 11.6. The number of hydrogen-bond donors (Lipinski definition) is 1. The lowest BCUT2D eigenvalue weighted by Gasteiger charge is -2.36. The highest BCUT2D eigenvalue weighted by Gasteiger charge is 2.38. The van der Waals surface area contributed by atoms with Gasteiger partial charge >= 0.3 is 5.97 Å². The second-order valence-corrected chi connectivity index (χ2v) is 21.7. The number of anilines is 1. The molecule has 2 aromatic carbocycles. The van der Waals surface area contributed by atoms with Crippen LogP contribution in [0, 0.1) is 26.7 Å². The second-order valence-electron chi connectivity index (χ2n) is 14.1. The molecule has 0 saturated carbocycles. The van der Waals surface area contributed by atoms with Crippen LogP contribution in [0.3, 0.4) is 0 Å². The number of aromatic nitrogens is 1. The van der Waals surface area contributed by atoms with Gasteiger partial charge in [0.2, 0.25) is 10.0 Å². The Morgan fingerprint density at radius 2 is 1.74 bits per heavy atom. The smallest absolute Gasteiger partial charge is 0.339 e. The van der Waals surface area contributed by atoms with E-state index in [1.807, 2.05) is 71.9 Å².